The van der Waals surface area contributed by atoms with Crippen LogP contribution >= 0.6 is 0 Å². The van der Waals surface area contributed by atoms with Crippen LogP contribution in [0.2, 0.25) is 0 Å². The molecule has 1 rings (SSSR count). The number of carbonyl (C=O) groups excluding carboxylic acids is 1. The Bertz CT molecular complexity index is 190. The van der Waals surface area contributed by atoms with Crippen molar-refractivity contribution in [2.75, 3.05) is 19.7 Å². The second kappa shape index (κ2) is 6.96. The first-order valence-electron chi connectivity index (χ1n) is 6.14. The predicted octanol–water partition coefficient (Wildman–Crippen LogP) is 1.59. The molecule has 0 spiro atoms. The summed E-state index contributed by atoms with van der Waals surface area (Å²) in [4.78, 5) is 13.5. The van der Waals surface area contributed by atoms with E-state index in [0.717, 1.165) is 19.5 Å². The number of hydrogen-bond acceptors (Lipinski definition) is 3. The third kappa shape index (κ3) is 4.31. The molecular weight excluding hydrogens is 190 g/mol. The number of rotatable bonds is 8. The zero-order valence-corrected chi connectivity index (χ0v) is 9.74. The van der Waals surface area contributed by atoms with Crippen molar-refractivity contribution >= 4 is 5.78 Å². The molecule has 15 heavy (non-hydrogen) atoms. The van der Waals surface area contributed by atoms with E-state index in [1.165, 1.54) is 19.3 Å². The summed E-state index contributed by atoms with van der Waals surface area (Å²) in [6, 6.07) is 0.675. The lowest BCUT2D eigenvalue weighted by atomic mass is 9.91. The summed E-state index contributed by atoms with van der Waals surface area (Å²) >= 11 is 0. The molecule has 0 amide bonds. The highest BCUT2D eigenvalue weighted by Gasteiger charge is 2.23. The van der Waals surface area contributed by atoms with Gasteiger partial charge in [0.1, 0.15) is 5.78 Å². The van der Waals surface area contributed by atoms with Crippen LogP contribution in [0.1, 0.15) is 45.4 Å². The highest BCUT2D eigenvalue weighted by Crippen LogP contribution is 2.24. The first kappa shape index (κ1) is 12.7. The summed E-state index contributed by atoms with van der Waals surface area (Å²) in [6.45, 7) is 3.89. The van der Waals surface area contributed by atoms with E-state index in [1.807, 2.05) is 6.92 Å². The van der Waals surface area contributed by atoms with Gasteiger partial charge in [-0.3, -0.25) is 9.69 Å². The van der Waals surface area contributed by atoms with Crippen molar-refractivity contribution in [2.24, 2.45) is 0 Å². The third-order valence-electron chi connectivity index (χ3n) is 3.27. The Labute approximate surface area is 92.5 Å². The summed E-state index contributed by atoms with van der Waals surface area (Å²) < 4.78 is 0. The number of Topliss-reactive ketones (excluding diaryl/α,β-unsaturated/α-hetero) is 1. The van der Waals surface area contributed by atoms with E-state index in [4.69, 9.17) is 5.11 Å². The first-order chi connectivity index (χ1) is 7.27. The van der Waals surface area contributed by atoms with Gasteiger partial charge in [-0.05, 0) is 25.8 Å². The fourth-order valence-electron chi connectivity index (χ4n) is 2.01. The fourth-order valence-corrected chi connectivity index (χ4v) is 2.01. The zero-order valence-electron chi connectivity index (χ0n) is 9.74. The van der Waals surface area contributed by atoms with Gasteiger partial charge in [-0.15, -0.1) is 0 Å². The van der Waals surface area contributed by atoms with Crippen LogP contribution in [0.15, 0.2) is 0 Å². The molecule has 3 heteroatoms. The van der Waals surface area contributed by atoms with Gasteiger partial charge in [0.25, 0.3) is 0 Å². The Balaban J connectivity index is 2.16. The standard InChI is InChI=1S/C12H23NO2/c1-2-12(15)7-4-8-13(9-10-14)11-5-3-6-11/h11,14H,2-10H2,1H3. The normalized spacial score (nSPS) is 16.7. The number of ketones is 1. The number of nitrogens with zero attached hydrogens (tertiary/aromatic N) is 1. The second-order valence-electron chi connectivity index (χ2n) is 4.34. The average molecular weight is 213 g/mol. The highest BCUT2D eigenvalue weighted by molar-refractivity contribution is 5.77. The monoisotopic (exact) mass is 213 g/mol. The summed E-state index contributed by atoms with van der Waals surface area (Å²) in [7, 11) is 0. The van der Waals surface area contributed by atoms with Gasteiger partial charge in [-0.25, -0.2) is 0 Å². The molecule has 1 saturated carbocycles. The van der Waals surface area contributed by atoms with Crippen LogP contribution in [-0.2, 0) is 4.79 Å². The molecule has 1 fully saturated rings. The van der Waals surface area contributed by atoms with Crippen molar-refractivity contribution in [2.45, 2.75) is 51.5 Å². The summed E-state index contributed by atoms with van der Waals surface area (Å²) in [5.41, 5.74) is 0. The van der Waals surface area contributed by atoms with Crippen LogP contribution in [0.5, 0.6) is 0 Å². The molecule has 0 aliphatic heterocycles. The van der Waals surface area contributed by atoms with E-state index in [0.29, 0.717) is 24.7 Å². The minimum Gasteiger partial charge on any atom is -0.395 e. The van der Waals surface area contributed by atoms with Gasteiger partial charge >= 0.3 is 0 Å². The van der Waals surface area contributed by atoms with Crippen molar-refractivity contribution in [3.63, 3.8) is 0 Å². The highest BCUT2D eigenvalue weighted by atomic mass is 16.3. The van der Waals surface area contributed by atoms with Gasteiger partial charge in [0.15, 0.2) is 0 Å². The molecule has 0 aromatic rings. The molecule has 3 nitrogen and oxygen atoms in total. The number of aliphatic hydroxyl groups excluding tert-OH is 1. The summed E-state index contributed by atoms with van der Waals surface area (Å²) in [5.74, 6) is 0.354. The van der Waals surface area contributed by atoms with Gasteiger partial charge in [0, 0.05) is 25.4 Å². The predicted molar refractivity (Wildman–Crippen MR) is 60.8 cm³/mol. The van der Waals surface area contributed by atoms with Crippen molar-refractivity contribution in [1.82, 2.24) is 4.90 Å². The van der Waals surface area contributed by atoms with Crippen LogP contribution < -0.4 is 0 Å². The van der Waals surface area contributed by atoms with Crippen molar-refractivity contribution in [1.29, 1.82) is 0 Å². The lowest BCUT2D eigenvalue weighted by Gasteiger charge is -2.37. The molecular formula is C12H23NO2. The molecule has 0 saturated heterocycles. The quantitative estimate of drug-likeness (QED) is 0.665. The van der Waals surface area contributed by atoms with E-state index in [1.54, 1.807) is 0 Å². The molecule has 0 atom stereocenters. The zero-order chi connectivity index (χ0) is 11.1. The molecule has 0 aromatic heterocycles. The van der Waals surface area contributed by atoms with E-state index < -0.39 is 0 Å². The molecule has 0 aromatic carbocycles. The van der Waals surface area contributed by atoms with E-state index in [2.05, 4.69) is 4.90 Å². The van der Waals surface area contributed by atoms with E-state index in [-0.39, 0.29) is 6.61 Å². The molecule has 0 radical (unpaired) electrons. The van der Waals surface area contributed by atoms with Crippen LogP contribution in [0.3, 0.4) is 0 Å². The molecule has 1 aliphatic rings. The van der Waals surface area contributed by atoms with Gasteiger partial charge in [-0.2, -0.15) is 0 Å². The molecule has 1 N–H and O–H groups in total. The third-order valence-corrected chi connectivity index (χ3v) is 3.27. The van der Waals surface area contributed by atoms with Crippen molar-refractivity contribution in [3.8, 4) is 0 Å². The number of carbonyl (C=O) groups is 1. The molecule has 88 valence electrons. The number of hydrogen-bond donors (Lipinski definition) is 1. The minimum absolute atomic E-state index is 0.234. The Kier molecular flexibility index (Phi) is 5.88. The van der Waals surface area contributed by atoms with Gasteiger partial charge in [0.2, 0.25) is 0 Å². The van der Waals surface area contributed by atoms with Crippen molar-refractivity contribution in [3.05, 3.63) is 0 Å². The molecule has 0 heterocycles. The van der Waals surface area contributed by atoms with Gasteiger partial charge in [-0.1, -0.05) is 13.3 Å². The fraction of sp³-hybridized carbons (Fsp3) is 0.917. The van der Waals surface area contributed by atoms with Crippen molar-refractivity contribution < 1.29 is 9.90 Å². The smallest absolute Gasteiger partial charge is 0.132 e. The largest absolute Gasteiger partial charge is 0.395 e. The van der Waals surface area contributed by atoms with E-state index >= 15 is 0 Å². The topological polar surface area (TPSA) is 40.5 Å². The van der Waals surface area contributed by atoms with Crippen LogP contribution in [0.4, 0.5) is 0 Å². The second-order valence-corrected chi connectivity index (χ2v) is 4.34. The van der Waals surface area contributed by atoms with Crippen LogP contribution in [0.25, 0.3) is 0 Å². The molecule has 0 unspecified atom stereocenters. The minimum atomic E-state index is 0.234. The Morgan fingerprint density at radius 1 is 1.40 bits per heavy atom. The molecule has 1 aliphatic carbocycles. The summed E-state index contributed by atoms with van der Waals surface area (Å²) in [5, 5.41) is 8.95. The molecule has 0 bridgehead atoms. The first-order valence-corrected chi connectivity index (χ1v) is 6.14. The van der Waals surface area contributed by atoms with Crippen LogP contribution in [-0.4, -0.2) is 41.5 Å². The van der Waals surface area contributed by atoms with Crippen LogP contribution in [0, 0.1) is 0 Å². The Hall–Kier alpha value is -0.410. The Morgan fingerprint density at radius 3 is 2.60 bits per heavy atom. The average Bonchev–Trinajstić information content (AvgIpc) is 2.15. The maximum atomic E-state index is 11.1. The van der Waals surface area contributed by atoms with E-state index in [9.17, 15) is 4.79 Å². The lowest BCUT2D eigenvalue weighted by Crippen LogP contribution is -2.42. The maximum absolute atomic E-state index is 11.1. The maximum Gasteiger partial charge on any atom is 0.132 e. The van der Waals surface area contributed by atoms with Gasteiger partial charge in [0.05, 0.1) is 6.61 Å². The number of aliphatic hydroxyl groups is 1. The lowest BCUT2D eigenvalue weighted by molar-refractivity contribution is -0.118. The Morgan fingerprint density at radius 2 is 2.13 bits per heavy atom. The van der Waals surface area contributed by atoms with Gasteiger partial charge < -0.3 is 5.11 Å². The summed E-state index contributed by atoms with van der Waals surface area (Å²) in [6.07, 6.45) is 6.15. The SMILES string of the molecule is CCC(=O)CCCN(CCO)C1CCC1.